The summed E-state index contributed by atoms with van der Waals surface area (Å²) < 4.78 is 16.9. The average molecular weight is 511 g/mol. The van der Waals surface area contributed by atoms with E-state index in [1.807, 2.05) is 72.8 Å². The van der Waals surface area contributed by atoms with E-state index in [9.17, 15) is 9.59 Å². The quantitative estimate of drug-likeness (QED) is 0.341. The van der Waals surface area contributed by atoms with Crippen molar-refractivity contribution in [3.05, 3.63) is 90.5 Å². The van der Waals surface area contributed by atoms with Gasteiger partial charge >= 0.3 is 0 Å². The van der Waals surface area contributed by atoms with Crippen molar-refractivity contribution in [2.45, 2.75) is 12.1 Å². The van der Waals surface area contributed by atoms with Gasteiger partial charge in [-0.05, 0) is 35.7 Å². The Morgan fingerprint density at radius 1 is 0.711 bits per heavy atom. The van der Waals surface area contributed by atoms with Crippen molar-refractivity contribution in [3.63, 3.8) is 0 Å². The highest BCUT2D eigenvalue weighted by Crippen LogP contribution is 2.53. The van der Waals surface area contributed by atoms with Crippen LogP contribution in [0.3, 0.4) is 0 Å². The van der Waals surface area contributed by atoms with Crippen molar-refractivity contribution in [2.75, 3.05) is 31.3 Å². The fourth-order valence-electron chi connectivity index (χ4n) is 5.53. The Bertz CT molecular complexity index is 1530. The van der Waals surface area contributed by atoms with E-state index in [1.165, 1.54) is 19.1 Å². The molecule has 2 fully saturated rings. The Morgan fingerprint density at radius 3 is 2.16 bits per heavy atom. The molecule has 0 unspecified atom stereocenters. The Morgan fingerprint density at radius 2 is 1.42 bits per heavy atom. The van der Waals surface area contributed by atoms with Crippen LogP contribution in [0.4, 0.5) is 11.4 Å². The lowest BCUT2D eigenvalue weighted by Crippen LogP contribution is -2.37. The first-order chi connectivity index (χ1) is 18.6. The van der Waals surface area contributed by atoms with Crippen molar-refractivity contribution >= 4 is 34.0 Å². The van der Waals surface area contributed by atoms with Crippen LogP contribution < -0.4 is 24.2 Å². The Hall–Kier alpha value is -4.56. The number of nitrogens with zero attached hydrogens (tertiary/aromatic N) is 2. The second-order valence-corrected chi connectivity index (χ2v) is 9.09. The third kappa shape index (κ3) is 3.48. The fraction of sp³-hybridized carbons (Fsp3) is 0.200. The van der Waals surface area contributed by atoms with Crippen LogP contribution in [0.1, 0.15) is 11.6 Å². The fourth-order valence-corrected chi connectivity index (χ4v) is 5.53. The molecule has 38 heavy (non-hydrogen) atoms. The van der Waals surface area contributed by atoms with Gasteiger partial charge in [0.1, 0.15) is 12.0 Å². The molecule has 3 atom stereocenters. The third-order valence-electron chi connectivity index (χ3n) is 7.19. The van der Waals surface area contributed by atoms with Gasteiger partial charge in [0.2, 0.25) is 11.7 Å². The summed E-state index contributed by atoms with van der Waals surface area (Å²) >= 11 is 0. The lowest BCUT2D eigenvalue weighted by molar-refractivity contribution is -0.126. The lowest BCUT2D eigenvalue weighted by Gasteiger charge is -2.30. The molecule has 0 aliphatic carbocycles. The normalized spacial score (nSPS) is 20.7. The van der Waals surface area contributed by atoms with E-state index in [4.69, 9.17) is 19.0 Å². The molecule has 0 radical (unpaired) electrons. The van der Waals surface area contributed by atoms with Gasteiger partial charge in [-0.25, -0.2) is 9.96 Å². The van der Waals surface area contributed by atoms with Crippen LogP contribution >= 0.6 is 0 Å². The van der Waals surface area contributed by atoms with Crippen molar-refractivity contribution < 1.29 is 28.6 Å². The Kier molecular flexibility index (Phi) is 5.88. The van der Waals surface area contributed by atoms with Crippen molar-refractivity contribution in [1.82, 2.24) is 0 Å². The number of carbonyl (C=O) groups is 2. The molecule has 2 aliphatic heterocycles. The number of carbonyl (C=O) groups excluding carboxylic acids is 2. The van der Waals surface area contributed by atoms with E-state index in [0.29, 0.717) is 34.2 Å². The third-order valence-corrected chi connectivity index (χ3v) is 7.19. The van der Waals surface area contributed by atoms with Gasteiger partial charge in [0.15, 0.2) is 17.6 Å². The van der Waals surface area contributed by atoms with E-state index < -0.39 is 24.0 Å². The summed E-state index contributed by atoms with van der Waals surface area (Å²) in [5.41, 5.74) is 1.89. The number of methoxy groups -OCH3 is 3. The van der Waals surface area contributed by atoms with E-state index in [1.54, 1.807) is 24.3 Å². The summed E-state index contributed by atoms with van der Waals surface area (Å²) in [6, 6.07) is 25.6. The number of fused-ring (bicyclic) bond motifs is 2. The molecule has 8 nitrogen and oxygen atoms in total. The number of imide groups is 1. The zero-order valence-corrected chi connectivity index (χ0v) is 21.2. The first-order valence-electron chi connectivity index (χ1n) is 12.2. The molecule has 0 spiro atoms. The maximum Gasteiger partial charge on any atom is 0.266 e. The zero-order valence-electron chi connectivity index (χ0n) is 21.2. The van der Waals surface area contributed by atoms with Crippen LogP contribution in [0, 0.1) is 5.92 Å². The maximum atomic E-state index is 14.2. The summed E-state index contributed by atoms with van der Waals surface area (Å²) in [7, 11) is 4.60. The van der Waals surface area contributed by atoms with Gasteiger partial charge < -0.3 is 14.2 Å². The number of hydrogen-bond donors (Lipinski definition) is 0. The van der Waals surface area contributed by atoms with E-state index >= 15 is 0 Å². The smallest absolute Gasteiger partial charge is 0.266 e. The second kappa shape index (κ2) is 9.39. The van der Waals surface area contributed by atoms with Gasteiger partial charge in [-0.15, -0.1) is 0 Å². The van der Waals surface area contributed by atoms with Gasteiger partial charge in [-0.3, -0.25) is 14.4 Å². The molecule has 0 bridgehead atoms. The molecular weight excluding hydrogens is 484 g/mol. The van der Waals surface area contributed by atoms with Crippen molar-refractivity contribution in [1.29, 1.82) is 0 Å². The molecule has 2 aliphatic rings. The van der Waals surface area contributed by atoms with Gasteiger partial charge in [0.05, 0.1) is 32.7 Å². The molecule has 2 amide bonds. The molecular formula is C30H26N2O6. The number of rotatable bonds is 6. The first-order valence-corrected chi connectivity index (χ1v) is 12.2. The predicted octanol–water partition coefficient (Wildman–Crippen LogP) is 4.92. The van der Waals surface area contributed by atoms with Crippen molar-refractivity contribution in [2.24, 2.45) is 5.92 Å². The summed E-state index contributed by atoms with van der Waals surface area (Å²) in [6.45, 7) is 0. The van der Waals surface area contributed by atoms with Crippen LogP contribution in [-0.4, -0.2) is 39.2 Å². The highest BCUT2D eigenvalue weighted by atomic mass is 16.7. The lowest BCUT2D eigenvalue weighted by atomic mass is 9.89. The number of benzene rings is 4. The van der Waals surface area contributed by atoms with Crippen LogP contribution in [0.15, 0.2) is 84.9 Å². The molecule has 0 aromatic heterocycles. The molecule has 2 heterocycles. The summed E-state index contributed by atoms with van der Waals surface area (Å²) in [5, 5.41) is 3.39. The number of para-hydroxylation sites is 1. The number of hydroxylamine groups is 1. The molecule has 6 rings (SSSR count). The molecule has 4 aromatic rings. The van der Waals surface area contributed by atoms with Crippen LogP contribution in [0.25, 0.3) is 10.8 Å². The zero-order chi connectivity index (χ0) is 26.4. The molecule has 192 valence electrons. The summed E-state index contributed by atoms with van der Waals surface area (Å²) in [4.78, 5) is 35.6. The maximum absolute atomic E-state index is 14.2. The monoisotopic (exact) mass is 510 g/mol. The number of ether oxygens (including phenoxy) is 3. The molecule has 2 saturated heterocycles. The van der Waals surface area contributed by atoms with E-state index in [0.717, 1.165) is 10.8 Å². The molecule has 0 N–H and O–H groups in total. The van der Waals surface area contributed by atoms with E-state index in [2.05, 4.69) is 0 Å². The van der Waals surface area contributed by atoms with Gasteiger partial charge in [0.25, 0.3) is 5.91 Å². The second-order valence-electron chi connectivity index (χ2n) is 9.09. The number of hydrogen-bond acceptors (Lipinski definition) is 7. The van der Waals surface area contributed by atoms with Crippen LogP contribution in [0.5, 0.6) is 17.2 Å². The minimum atomic E-state index is -1.01. The molecule has 0 saturated carbocycles. The minimum Gasteiger partial charge on any atom is -0.493 e. The largest absolute Gasteiger partial charge is 0.493 e. The summed E-state index contributed by atoms with van der Waals surface area (Å²) in [5.74, 6) is -0.275. The van der Waals surface area contributed by atoms with Gasteiger partial charge in [0, 0.05) is 10.9 Å². The van der Waals surface area contributed by atoms with E-state index in [-0.39, 0.29) is 5.91 Å². The first kappa shape index (κ1) is 23.8. The highest BCUT2D eigenvalue weighted by molar-refractivity contribution is 6.26. The highest BCUT2D eigenvalue weighted by Gasteiger charge is 2.61. The predicted molar refractivity (Wildman–Crippen MR) is 143 cm³/mol. The minimum absolute atomic E-state index is 0.336. The number of anilines is 2. The van der Waals surface area contributed by atoms with Gasteiger partial charge in [-0.1, -0.05) is 54.6 Å². The van der Waals surface area contributed by atoms with Crippen LogP contribution in [-0.2, 0) is 14.4 Å². The number of amides is 2. The van der Waals surface area contributed by atoms with Gasteiger partial charge in [-0.2, -0.15) is 0 Å². The molecule has 8 heteroatoms. The van der Waals surface area contributed by atoms with Crippen LogP contribution in [0.2, 0.25) is 0 Å². The topological polar surface area (TPSA) is 77.5 Å². The average Bonchev–Trinajstić information content (AvgIpc) is 3.47. The standard InChI is InChI=1S/C30H26N2O6/c1-35-23-17-16-21(26(36-2)27(23)37-3)25-24-28(38-32(25)19-12-5-4-6-13-19)30(34)31(29(24)33)22-15-9-11-18-10-7-8-14-20(18)22/h4-17,24-25,28H,1-3H3/t24-,25-,28+/m1/s1. The Labute approximate surface area is 219 Å². The van der Waals surface area contributed by atoms with Crippen molar-refractivity contribution in [3.8, 4) is 17.2 Å². The Balaban J connectivity index is 1.51. The molecule has 4 aromatic carbocycles. The SMILES string of the molecule is COc1ccc([C@@H]2[C@H]3C(=O)N(c4cccc5ccccc45)C(=O)[C@H]3ON2c2ccccc2)c(OC)c1OC. The summed E-state index contributed by atoms with van der Waals surface area (Å²) in [6.07, 6.45) is -1.01.